The van der Waals surface area contributed by atoms with Gasteiger partial charge in [-0.15, -0.1) is 0 Å². The first-order valence-electron chi connectivity index (χ1n) is 4.81. The van der Waals surface area contributed by atoms with Crippen molar-refractivity contribution in [2.24, 2.45) is 5.92 Å². The van der Waals surface area contributed by atoms with Gasteiger partial charge < -0.3 is 5.32 Å². The van der Waals surface area contributed by atoms with Gasteiger partial charge in [-0.1, -0.05) is 19.4 Å². The van der Waals surface area contributed by atoms with E-state index in [-0.39, 0.29) is 0 Å². The fraction of sp³-hybridized carbons (Fsp3) is 0.800. The molecule has 0 aromatic carbocycles. The van der Waals surface area contributed by atoms with E-state index in [4.69, 9.17) is 0 Å². The summed E-state index contributed by atoms with van der Waals surface area (Å²) in [6, 6.07) is 0.767. The fourth-order valence-corrected chi connectivity index (χ4v) is 1.88. The minimum Gasteiger partial charge on any atom is -0.386 e. The molecule has 0 aliphatic heterocycles. The number of hydrogen-bond acceptors (Lipinski definition) is 1. The van der Waals surface area contributed by atoms with Crippen molar-refractivity contribution < 1.29 is 0 Å². The van der Waals surface area contributed by atoms with E-state index in [1.165, 1.54) is 44.2 Å². The van der Waals surface area contributed by atoms with Gasteiger partial charge in [0.15, 0.2) is 0 Å². The third-order valence-electron chi connectivity index (χ3n) is 2.81. The van der Waals surface area contributed by atoms with Crippen LogP contribution in [0.1, 0.15) is 38.5 Å². The molecule has 0 spiro atoms. The van der Waals surface area contributed by atoms with Crippen molar-refractivity contribution in [2.75, 3.05) is 0 Å². The molecule has 2 aliphatic carbocycles. The SMILES string of the molecule is C=C(NC1CCCC1)C1CC1. The molecule has 0 amide bonds. The van der Waals surface area contributed by atoms with Crippen LogP contribution in [0.15, 0.2) is 12.3 Å². The highest BCUT2D eigenvalue weighted by atomic mass is 14.9. The molecule has 62 valence electrons. The molecular formula is C10H17N. The predicted octanol–water partition coefficient (Wildman–Crippen LogP) is 2.44. The Labute approximate surface area is 68.9 Å². The van der Waals surface area contributed by atoms with Crippen molar-refractivity contribution in [3.63, 3.8) is 0 Å². The van der Waals surface area contributed by atoms with Crippen molar-refractivity contribution in [1.82, 2.24) is 5.32 Å². The van der Waals surface area contributed by atoms with E-state index >= 15 is 0 Å². The molecule has 0 bridgehead atoms. The maximum atomic E-state index is 4.07. The summed E-state index contributed by atoms with van der Waals surface area (Å²) in [6.07, 6.45) is 8.31. The maximum Gasteiger partial charge on any atom is 0.0258 e. The van der Waals surface area contributed by atoms with E-state index in [0.717, 1.165) is 12.0 Å². The third-order valence-corrected chi connectivity index (χ3v) is 2.81. The predicted molar refractivity (Wildman–Crippen MR) is 47.3 cm³/mol. The van der Waals surface area contributed by atoms with Crippen LogP contribution < -0.4 is 5.32 Å². The second kappa shape index (κ2) is 2.88. The number of hydrogen-bond donors (Lipinski definition) is 1. The van der Waals surface area contributed by atoms with Crippen molar-refractivity contribution in [1.29, 1.82) is 0 Å². The molecule has 2 fully saturated rings. The molecule has 1 nitrogen and oxygen atoms in total. The monoisotopic (exact) mass is 151 g/mol. The lowest BCUT2D eigenvalue weighted by molar-refractivity contribution is 0.565. The number of allylic oxidation sites excluding steroid dienone is 1. The number of rotatable bonds is 3. The van der Waals surface area contributed by atoms with Crippen molar-refractivity contribution in [3.05, 3.63) is 12.3 Å². The Morgan fingerprint density at radius 1 is 1.09 bits per heavy atom. The average molecular weight is 151 g/mol. The molecule has 0 aromatic heterocycles. The van der Waals surface area contributed by atoms with Crippen LogP contribution in [0.5, 0.6) is 0 Å². The van der Waals surface area contributed by atoms with E-state index in [9.17, 15) is 0 Å². The van der Waals surface area contributed by atoms with Crippen LogP contribution in [0.3, 0.4) is 0 Å². The molecule has 0 saturated heterocycles. The zero-order valence-electron chi connectivity index (χ0n) is 7.10. The van der Waals surface area contributed by atoms with Gasteiger partial charge in [0.05, 0.1) is 0 Å². The molecule has 0 unspecified atom stereocenters. The molecule has 0 radical (unpaired) electrons. The van der Waals surface area contributed by atoms with Gasteiger partial charge >= 0.3 is 0 Å². The quantitative estimate of drug-likeness (QED) is 0.653. The molecule has 2 saturated carbocycles. The summed E-state index contributed by atoms with van der Waals surface area (Å²) in [5.74, 6) is 0.829. The Morgan fingerprint density at radius 2 is 1.73 bits per heavy atom. The molecule has 0 atom stereocenters. The van der Waals surface area contributed by atoms with E-state index < -0.39 is 0 Å². The summed E-state index contributed by atoms with van der Waals surface area (Å²) in [5.41, 5.74) is 1.32. The fourth-order valence-electron chi connectivity index (χ4n) is 1.88. The zero-order valence-corrected chi connectivity index (χ0v) is 7.10. The summed E-state index contributed by atoms with van der Waals surface area (Å²) in [7, 11) is 0. The van der Waals surface area contributed by atoms with Gasteiger partial charge in [-0.3, -0.25) is 0 Å². The second-order valence-electron chi connectivity index (χ2n) is 3.93. The zero-order chi connectivity index (χ0) is 7.68. The molecule has 1 N–H and O–H groups in total. The smallest absolute Gasteiger partial charge is 0.0258 e. The summed E-state index contributed by atoms with van der Waals surface area (Å²) in [6.45, 7) is 4.07. The van der Waals surface area contributed by atoms with Gasteiger partial charge in [0.2, 0.25) is 0 Å². The van der Waals surface area contributed by atoms with E-state index in [0.29, 0.717) is 0 Å². The van der Waals surface area contributed by atoms with Crippen LogP contribution in [-0.4, -0.2) is 6.04 Å². The van der Waals surface area contributed by atoms with Gasteiger partial charge in [-0.2, -0.15) is 0 Å². The lowest BCUT2D eigenvalue weighted by atomic mass is 10.2. The molecule has 0 aromatic rings. The highest BCUT2D eigenvalue weighted by Gasteiger charge is 2.26. The largest absolute Gasteiger partial charge is 0.386 e. The summed E-state index contributed by atoms with van der Waals surface area (Å²) in [5, 5.41) is 3.55. The Morgan fingerprint density at radius 3 is 2.27 bits per heavy atom. The maximum absolute atomic E-state index is 4.07. The standard InChI is InChI=1S/C10H17N/c1-8(9-6-7-9)11-10-4-2-3-5-10/h9-11H,1-7H2. The van der Waals surface area contributed by atoms with Crippen molar-refractivity contribution in [2.45, 2.75) is 44.6 Å². The van der Waals surface area contributed by atoms with Crippen LogP contribution in [0, 0.1) is 5.92 Å². The minimum absolute atomic E-state index is 0.767. The van der Waals surface area contributed by atoms with E-state index in [1.807, 2.05) is 0 Å². The lowest BCUT2D eigenvalue weighted by Crippen LogP contribution is -2.25. The molecule has 2 aliphatic rings. The normalized spacial score (nSPS) is 25.5. The van der Waals surface area contributed by atoms with Crippen LogP contribution in [0.2, 0.25) is 0 Å². The number of nitrogens with one attached hydrogen (secondary N) is 1. The topological polar surface area (TPSA) is 12.0 Å². The average Bonchev–Trinajstić information content (AvgIpc) is 2.73. The van der Waals surface area contributed by atoms with Crippen molar-refractivity contribution >= 4 is 0 Å². The summed E-state index contributed by atoms with van der Waals surface area (Å²) in [4.78, 5) is 0. The Bertz CT molecular complexity index is 152. The van der Waals surface area contributed by atoms with E-state index in [1.54, 1.807) is 0 Å². The summed E-state index contributed by atoms with van der Waals surface area (Å²) >= 11 is 0. The van der Waals surface area contributed by atoms with Gasteiger partial charge in [0.25, 0.3) is 0 Å². The van der Waals surface area contributed by atoms with Crippen molar-refractivity contribution in [3.8, 4) is 0 Å². The van der Waals surface area contributed by atoms with Crippen LogP contribution in [0.25, 0.3) is 0 Å². The van der Waals surface area contributed by atoms with Gasteiger partial charge in [-0.05, 0) is 31.6 Å². The first-order chi connectivity index (χ1) is 5.36. The van der Waals surface area contributed by atoms with Gasteiger partial charge in [-0.25, -0.2) is 0 Å². The van der Waals surface area contributed by atoms with Gasteiger partial charge in [0, 0.05) is 11.7 Å². The first kappa shape index (κ1) is 7.20. The highest BCUT2D eigenvalue weighted by molar-refractivity contribution is 5.06. The van der Waals surface area contributed by atoms with Crippen LogP contribution in [-0.2, 0) is 0 Å². The second-order valence-corrected chi connectivity index (χ2v) is 3.93. The molecule has 1 heteroatoms. The van der Waals surface area contributed by atoms with Gasteiger partial charge in [0.1, 0.15) is 0 Å². The first-order valence-corrected chi connectivity index (χ1v) is 4.81. The highest BCUT2D eigenvalue weighted by Crippen LogP contribution is 2.35. The lowest BCUT2D eigenvalue weighted by Gasteiger charge is -2.14. The Hall–Kier alpha value is -0.460. The third kappa shape index (κ3) is 1.76. The van der Waals surface area contributed by atoms with Crippen LogP contribution >= 0.6 is 0 Å². The Balaban J connectivity index is 1.74. The minimum atomic E-state index is 0.767. The summed E-state index contributed by atoms with van der Waals surface area (Å²) < 4.78 is 0. The molecule has 11 heavy (non-hydrogen) atoms. The molecular weight excluding hydrogens is 134 g/mol. The molecule has 0 heterocycles. The Kier molecular flexibility index (Phi) is 1.89. The van der Waals surface area contributed by atoms with E-state index in [2.05, 4.69) is 11.9 Å². The molecule has 2 rings (SSSR count). The van der Waals surface area contributed by atoms with Crippen LogP contribution in [0.4, 0.5) is 0 Å².